The van der Waals surface area contributed by atoms with Crippen molar-refractivity contribution in [2.75, 3.05) is 10.6 Å². The summed E-state index contributed by atoms with van der Waals surface area (Å²) in [6.45, 7) is 8.41. The molecule has 3 N–H and O–H groups in total. The Bertz CT molecular complexity index is 734. The molecule has 124 valence electrons. The van der Waals surface area contributed by atoms with Crippen molar-refractivity contribution in [1.82, 2.24) is 19.9 Å². The number of carbonyl (C=O) groups is 2. The van der Waals surface area contributed by atoms with E-state index in [2.05, 4.69) is 30.6 Å². The Labute approximate surface area is 133 Å². The van der Waals surface area contributed by atoms with Crippen molar-refractivity contribution >= 4 is 34.8 Å². The second kappa shape index (κ2) is 6.19. The molecule has 0 saturated carbocycles. The summed E-state index contributed by atoms with van der Waals surface area (Å²) in [5.41, 5.74) is 0.334. The van der Waals surface area contributed by atoms with Crippen LogP contribution in [0.5, 0.6) is 0 Å². The number of anilines is 2. The predicted octanol–water partition coefficient (Wildman–Crippen LogP) is 1.45. The Balaban J connectivity index is 2.26. The van der Waals surface area contributed by atoms with Gasteiger partial charge >= 0.3 is 5.97 Å². The van der Waals surface area contributed by atoms with Crippen LogP contribution in [-0.4, -0.2) is 43.5 Å². The van der Waals surface area contributed by atoms with Crippen molar-refractivity contribution in [1.29, 1.82) is 0 Å². The van der Waals surface area contributed by atoms with Crippen LogP contribution in [0.2, 0.25) is 0 Å². The first kappa shape index (κ1) is 16.7. The van der Waals surface area contributed by atoms with Gasteiger partial charge in [-0.05, 0) is 27.7 Å². The molecule has 0 radical (unpaired) electrons. The largest absolute Gasteiger partial charge is 0.458 e. The molecule has 0 unspecified atom stereocenters. The fourth-order valence-electron chi connectivity index (χ4n) is 1.81. The summed E-state index contributed by atoms with van der Waals surface area (Å²) in [5.74, 6) is -0.249. The van der Waals surface area contributed by atoms with Gasteiger partial charge in [0, 0.05) is 6.92 Å². The minimum atomic E-state index is -0.638. The van der Waals surface area contributed by atoms with Gasteiger partial charge in [0.05, 0.1) is 6.33 Å². The van der Waals surface area contributed by atoms with Crippen LogP contribution in [0.25, 0.3) is 11.2 Å². The van der Waals surface area contributed by atoms with E-state index in [0.717, 1.165) is 0 Å². The van der Waals surface area contributed by atoms with Gasteiger partial charge < -0.3 is 15.0 Å². The molecule has 0 spiro atoms. The van der Waals surface area contributed by atoms with Gasteiger partial charge in [-0.3, -0.25) is 10.1 Å². The zero-order valence-electron chi connectivity index (χ0n) is 13.7. The number of fused-ring (bicyclic) bond motifs is 1. The number of esters is 1. The average Bonchev–Trinajstić information content (AvgIpc) is 2.84. The van der Waals surface area contributed by atoms with Crippen molar-refractivity contribution in [2.24, 2.45) is 0 Å². The summed E-state index contributed by atoms with van der Waals surface area (Å²) in [6, 6.07) is -0.638. The van der Waals surface area contributed by atoms with E-state index in [-0.39, 0.29) is 11.9 Å². The minimum Gasteiger partial charge on any atom is -0.458 e. The number of ether oxygens (including phenoxy) is 1. The quantitative estimate of drug-likeness (QED) is 0.729. The Hall–Kier alpha value is -2.71. The van der Waals surface area contributed by atoms with Gasteiger partial charge in [0.1, 0.15) is 17.2 Å². The lowest BCUT2D eigenvalue weighted by atomic mass is 10.2. The third kappa shape index (κ3) is 4.38. The monoisotopic (exact) mass is 320 g/mol. The van der Waals surface area contributed by atoms with Crippen LogP contribution in [0, 0.1) is 0 Å². The Morgan fingerprint density at radius 2 is 2.00 bits per heavy atom. The molecule has 0 aromatic carbocycles. The minimum absolute atomic E-state index is 0.107. The third-order valence-corrected chi connectivity index (χ3v) is 2.69. The van der Waals surface area contributed by atoms with Gasteiger partial charge in [-0.15, -0.1) is 0 Å². The molecule has 23 heavy (non-hydrogen) atoms. The first-order valence-electron chi connectivity index (χ1n) is 7.14. The smallest absolute Gasteiger partial charge is 0.328 e. The van der Waals surface area contributed by atoms with Crippen LogP contribution in [0.15, 0.2) is 6.33 Å². The van der Waals surface area contributed by atoms with E-state index < -0.39 is 17.6 Å². The van der Waals surface area contributed by atoms with Crippen molar-refractivity contribution < 1.29 is 14.3 Å². The molecule has 0 fully saturated rings. The van der Waals surface area contributed by atoms with Gasteiger partial charge in [-0.2, -0.15) is 9.97 Å². The molecule has 0 aliphatic carbocycles. The molecule has 0 saturated heterocycles. The molecule has 0 aliphatic heterocycles. The van der Waals surface area contributed by atoms with Crippen molar-refractivity contribution in [3.8, 4) is 0 Å². The molecule has 9 heteroatoms. The van der Waals surface area contributed by atoms with Crippen LogP contribution in [0.1, 0.15) is 34.6 Å². The standard InChI is InChI=1S/C14H20N6O3/c1-7(12(22)23-14(3,4)5)17-11-9-10(16-6-15-9)19-13(20-11)18-8(2)21/h6-7H,1-5H3,(H3,15,16,17,18,19,20,21)/t7-/m0/s1. The van der Waals surface area contributed by atoms with Crippen molar-refractivity contribution in [2.45, 2.75) is 46.3 Å². The summed E-state index contributed by atoms with van der Waals surface area (Å²) in [7, 11) is 0. The number of amides is 1. The third-order valence-electron chi connectivity index (χ3n) is 2.69. The fourth-order valence-corrected chi connectivity index (χ4v) is 1.81. The molecule has 0 bridgehead atoms. The predicted molar refractivity (Wildman–Crippen MR) is 84.9 cm³/mol. The normalized spacial score (nSPS) is 12.7. The molecule has 1 atom stereocenters. The number of hydrogen-bond donors (Lipinski definition) is 3. The zero-order valence-corrected chi connectivity index (χ0v) is 13.7. The Morgan fingerprint density at radius 3 is 2.61 bits per heavy atom. The number of imidazole rings is 1. The van der Waals surface area contributed by atoms with Crippen LogP contribution in [-0.2, 0) is 14.3 Å². The first-order chi connectivity index (χ1) is 10.7. The zero-order chi connectivity index (χ0) is 17.2. The second-order valence-corrected chi connectivity index (χ2v) is 6.08. The van der Waals surface area contributed by atoms with Gasteiger partial charge in [0.15, 0.2) is 11.5 Å². The number of aromatic amines is 1. The summed E-state index contributed by atoms with van der Waals surface area (Å²) < 4.78 is 5.32. The van der Waals surface area contributed by atoms with E-state index >= 15 is 0 Å². The lowest BCUT2D eigenvalue weighted by Gasteiger charge is -2.23. The van der Waals surface area contributed by atoms with Crippen LogP contribution < -0.4 is 10.6 Å². The SMILES string of the molecule is CC(=O)Nc1nc(N[C@@H](C)C(=O)OC(C)(C)C)c2[nH]cnc2n1. The first-order valence-corrected chi connectivity index (χ1v) is 7.14. The Morgan fingerprint density at radius 1 is 1.30 bits per heavy atom. The number of rotatable bonds is 4. The van der Waals surface area contributed by atoms with E-state index in [1.54, 1.807) is 27.7 Å². The number of nitrogens with one attached hydrogen (secondary N) is 3. The van der Waals surface area contributed by atoms with Crippen molar-refractivity contribution in [3.05, 3.63) is 6.33 Å². The van der Waals surface area contributed by atoms with E-state index in [9.17, 15) is 9.59 Å². The molecule has 2 rings (SSSR count). The maximum Gasteiger partial charge on any atom is 0.328 e. The van der Waals surface area contributed by atoms with Crippen LogP contribution in [0.3, 0.4) is 0 Å². The van der Waals surface area contributed by atoms with Crippen LogP contribution in [0.4, 0.5) is 11.8 Å². The molecular formula is C14H20N6O3. The lowest BCUT2D eigenvalue weighted by molar-refractivity contribution is -0.155. The second-order valence-electron chi connectivity index (χ2n) is 6.08. The number of nitrogens with zero attached hydrogens (tertiary/aromatic N) is 3. The highest BCUT2D eigenvalue weighted by molar-refractivity contribution is 5.91. The number of aromatic nitrogens is 4. The highest BCUT2D eigenvalue weighted by Crippen LogP contribution is 2.20. The summed E-state index contributed by atoms with van der Waals surface area (Å²) >= 11 is 0. The van der Waals surface area contributed by atoms with E-state index in [4.69, 9.17) is 4.74 Å². The number of hydrogen-bond acceptors (Lipinski definition) is 7. The number of carbonyl (C=O) groups excluding carboxylic acids is 2. The number of H-pyrrole nitrogens is 1. The van der Waals surface area contributed by atoms with Crippen molar-refractivity contribution in [3.63, 3.8) is 0 Å². The summed E-state index contributed by atoms with van der Waals surface area (Å²) in [4.78, 5) is 38.5. The summed E-state index contributed by atoms with van der Waals surface area (Å²) in [6.07, 6.45) is 1.46. The summed E-state index contributed by atoms with van der Waals surface area (Å²) in [5, 5.41) is 5.46. The average molecular weight is 320 g/mol. The Kier molecular flexibility index (Phi) is 4.48. The van der Waals surface area contributed by atoms with Gasteiger partial charge in [0.25, 0.3) is 0 Å². The van der Waals surface area contributed by atoms with E-state index in [1.165, 1.54) is 13.3 Å². The maximum atomic E-state index is 12.1. The molecule has 2 aromatic rings. The highest BCUT2D eigenvalue weighted by atomic mass is 16.6. The highest BCUT2D eigenvalue weighted by Gasteiger charge is 2.23. The maximum absolute atomic E-state index is 12.1. The molecule has 2 aromatic heterocycles. The van der Waals surface area contributed by atoms with E-state index in [1.807, 2.05) is 0 Å². The molecule has 9 nitrogen and oxygen atoms in total. The van der Waals surface area contributed by atoms with Gasteiger partial charge in [0.2, 0.25) is 11.9 Å². The fraction of sp³-hybridized carbons (Fsp3) is 0.500. The van der Waals surface area contributed by atoms with Gasteiger partial charge in [-0.1, -0.05) is 0 Å². The molecular weight excluding hydrogens is 300 g/mol. The molecule has 2 heterocycles. The molecule has 1 amide bonds. The lowest BCUT2D eigenvalue weighted by Crippen LogP contribution is -2.34. The topological polar surface area (TPSA) is 122 Å². The molecule has 0 aliphatic rings. The van der Waals surface area contributed by atoms with Gasteiger partial charge in [-0.25, -0.2) is 9.78 Å². The van der Waals surface area contributed by atoms with Crippen LogP contribution >= 0.6 is 0 Å². The van der Waals surface area contributed by atoms with E-state index in [0.29, 0.717) is 17.0 Å².